The van der Waals surface area contributed by atoms with Crippen molar-refractivity contribution in [3.63, 3.8) is 0 Å². The summed E-state index contributed by atoms with van der Waals surface area (Å²) in [7, 11) is 0. The summed E-state index contributed by atoms with van der Waals surface area (Å²) < 4.78 is 13.8. The molecule has 0 spiro atoms. The van der Waals surface area contributed by atoms with E-state index in [9.17, 15) is 4.39 Å². The summed E-state index contributed by atoms with van der Waals surface area (Å²) >= 11 is 3.21. The Morgan fingerprint density at radius 1 is 1.20 bits per heavy atom. The molecule has 2 rings (SSSR count). The summed E-state index contributed by atoms with van der Waals surface area (Å²) in [5, 5.41) is 0. The van der Waals surface area contributed by atoms with Gasteiger partial charge in [-0.05, 0) is 51.2 Å². The lowest BCUT2D eigenvalue weighted by atomic mass is 9.96. The standard InChI is InChI=1S/C16H18BrFN2/c1-2-4-11-5-3-6-12(9-11)16(20-19)13-7-8-15(18)14(17)10-13/h3,5-10,16,20H,2,4,19H2,1H3. The summed E-state index contributed by atoms with van der Waals surface area (Å²) in [4.78, 5) is 0. The SMILES string of the molecule is CCCc1cccc(C(NN)c2ccc(F)c(Br)c2)c1. The van der Waals surface area contributed by atoms with Crippen molar-refractivity contribution in [1.82, 2.24) is 5.43 Å². The quantitative estimate of drug-likeness (QED) is 0.637. The largest absolute Gasteiger partial charge is 0.271 e. The van der Waals surface area contributed by atoms with Gasteiger partial charge < -0.3 is 0 Å². The van der Waals surface area contributed by atoms with E-state index in [0.717, 1.165) is 24.0 Å². The summed E-state index contributed by atoms with van der Waals surface area (Å²) in [6.07, 6.45) is 2.14. The van der Waals surface area contributed by atoms with Crippen LogP contribution in [0.1, 0.15) is 36.1 Å². The van der Waals surface area contributed by atoms with Crippen LogP contribution in [0.3, 0.4) is 0 Å². The third kappa shape index (κ3) is 3.45. The van der Waals surface area contributed by atoms with Crippen molar-refractivity contribution in [1.29, 1.82) is 0 Å². The van der Waals surface area contributed by atoms with Crippen molar-refractivity contribution in [3.8, 4) is 0 Å². The van der Waals surface area contributed by atoms with E-state index < -0.39 is 0 Å². The molecule has 4 heteroatoms. The first kappa shape index (κ1) is 15.2. The maximum atomic E-state index is 13.3. The van der Waals surface area contributed by atoms with Crippen molar-refractivity contribution in [2.24, 2.45) is 5.84 Å². The van der Waals surface area contributed by atoms with Crippen LogP contribution in [0.25, 0.3) is 0 Å². The van der Waals surface area contributed by atoms with Gasteiger partial charge in [0, 0.05) is 0 Å². The molecule has 3 N–H and O–H groups in total. The van der Waals surface area contributed by atoms with Gasteiger partial charge in [0.05, 0.1) is 10.5 Å². The van der Waals surface area contributed by atoms with Crippen LogP contribution >= 0.6 is 15.9 Å². The normalized spacial score (nSPS) is 12.4. The third-order valence-electron chi connectivity index (χ3n) is 3.27. The molecule has 0 aliphatic rings. The molecule has 0 radical (unpaired) electrons. The number of aryl methyl sites for hydroxylation is 1. The van der Waals surface area contributed by atoms with Gasteiger partial charge in [-0.2, -0.15) is 0 Å². The molecule has 0 heterocycles. The Hall–Kier alpha value is -1.23. The highest BCUT2D eigenvalue weighted by molar-refractivity contribution is 9.10. The van der Waals surface area contributed by atoms with E-state index in [1.165, 1.54) is 11.6 Å². The zero-order valence-corrected chi connectivity index (χ0v) is 13.0. The number of hydrogen-bond donors (Lipinski definition) is 2. The van der Waals surface area contributed by atoms with E-state index in [0.29, 0.717) is 4.47 Å². The highest BCUT2D eigenvalue weighted by atomic mass is 79.9. The molecular formula is C16H18BrFN2. The van der Waals surface area contributed by atoms with Gasteiger partial charge in [0.25, 0.3) is 0 Å². The van der Waals surface area contributed by atoms with Crippen LogP contribution in [0.5, 0.6) is 0 Å². The van der Waals surface area contributed by atoms with Crippen LogP contribution < -0.4 is 11.3 Å². The van der Waals surface area contributed by atoms with Gasteiger partial charge in [0.2, 0.25) is 0 Å². The molecule has 0 aliphatic carbocycles. The minimum atomic E-state index is -0.274. The summed E-state index contributed by atoms with van der Waals surface area (Å²) in [6.45, 7) is 2.16. The van der Waals surface area contributed by atoms with E-state index in [4.69, 9.17) is 5.84 Å². The van der Waals surface area contributed by atoms with Crippen molar-refractivity contribution in [3.05, 3.63) is 69.4 Å². The molecular weight excluding hydrogens is 319 g/mol. The van der Waals surface area contributed by atoms with Gasteiger partial charge >= 0.3 is 0 Å². The van der Waals surface area contributed by atoms with E-state index >= 15 is 0 Å². The maximum Gasteiger partial charge on any atom is 0.137 e. The smallest absolute Gasteiger partial charge is 0.137 e. The molecule has 2 nitrogen and oxygen atoms in total. The highest BCUT2D eigenvalue weighted by Crippen LogP contribution is 2.26. The molecule has 106 valence electrons. The number of nitrogens with one attached hydrogen (secondary N) is 1. The van der Waals surface area contributed by atoms with Crippen molar-refractivity contribution < 1.29 is 4.39 Å². The Kier molecular flexibility index (Phi) is 5.29. The topological polar surface area (TPSA) is 38.0 Å². The van der Waals surface area contributed by atoms with E-state index in [1.54, 1.807) is 12.1 Å². The second kappa shape index (κ2) is 6.97. The average molecular weight is 337 g/mol. The van der Waals surface area contributed by atoms with E-state index in [-0.39, 0.29) is 11.9 Å². The van der Waals surface area contributed by atoms with Gasteiger partial charge in [0.1, 0.15) is 5.82 Å². The van der Waals surface area contributed by atoms with E-state index in [2.05, 4.69) is 40.4 Å². The Balaban J connectivity index is 2.36. The first-order valence-electron chi connectivity index (χ1n) is 6.65. The third-order valence-corrected chi connectivity index (χ3v) is 3.87. The fraction of sp³-hybridized carbons (Fsp3) is 0.250. The number of hydrogen-bond acceptors (Lipinski definition) is 2. The predicted octanol–water partition coefficient (Wildman–Crippen LogP) is 4.09. The molecule has 0 aromatic heterocycles. The molecule has 0 bridgehead atoms. The Morgan fingerprint density at radius 3 is 2.60 bits per heavy atom. The summed E-state index contributed by atoms with van der Waals surface area (Å²) in [5.74, 6) is 5.42. The molecule has 0 amide bonds. The van der Waals surface area contributed by atoms with E-state index in [1.807, 2.05) is 12.1 Å². The number of rotatable bonds is 5. The van der Waals surface area contributed by atoms with Gasteiger partial charge in [-0.25, -0.2) is 9.82 Å². The molecule has 0 fully saturated rings. The summed E-state index contributed by atoms with van der Waals surface area (Å²) in [5.41, 5.74) is 6.10. The van der Waals surface area contributed by atoms with Crippen LogP contribution in [-0.4, -0.2) is 0 Å². The molecule has 1 unspecified atom stereocenters. The zero-order chi connectivity index (χ0) is 14.5. The molecule has 2 aromatic carbocycles. The highest BCUT2D eigenvalue weighted by Gasteiger charge is 2.14. The fourth-order valence-corrected chi connectivity index (χ4v) is 2.69. The first-order valence-corrected chi connectivity index (χ1v) is 7.45. The Labute approximate surface area is 127 Å². The molecule has 1 atom stereocenters. The summed E-state index contributed by atoms with van der Waals surface area (Å²) in [6, 6.07) is 13.1. The lowest BCUT2D eigenvalue weighted by molar-refractivity contribution is 0.609. The average Bonchev–Trinajstić information content (AvgIpc) is 2.44. The van der Waals surface area contributed by atoms with Crippen molar-refractivity contribution in [2.75, 3.05) is 0 Å². The Bertz CT molecular complexity index is 586. The van der Waals surface area contributed by atoms with Crippen molar-refractivity contribution in [2.45, 2.75) is 25.8 Å². The maximum absolute atomic E-state index is 13.3. The lowest BCUT2D eigenvalue weighted by Gasteiger charge is -2.18. The van der Waals surface area contributed by atoms with Gasteiger partial charge in [0.15, 0.2) is 0 Å². The number of hydrazine groups is 1. The van der Waals surface area contributed by atoms with Crippen LogP contribution in [0, 0.1) is 5.82 Å². The van der Waals surface area contributed by atoms with Gasteiger partial charge in [-0.1, -0.05) is 43.7 Å². The number of halogens is 2. The molecule has 2 aromatic rings. The first-order chi connectivity index (χ1) is 9.65. The molecule has 0 saturated heterocycles. The molecule has 0 saturated carbocycles. The van der Waals surface area contributed by atoms with Crippen LogP contribution in [-0.2, 0) is 6.42 Å². The molecule has 0 aliphatic heterocycles. The van der Waals surface area contributed by atoms with Crippen LogP contribution in [0.4, 0.5) is 4.39 Å². The van der Waals surface area contributed by atoms with Gasteiger partial charge in [-0.3, -0.25) is 5.84 Å². The number of nitrogens with two attached hydrogens (primary N) is 1. The molecule has 20 heavy (non-hydrogen) atoms. The van der Waals surface area contributed by atoms with Crippen molar-refractivity contribution >= 4 is 15.9 Å². The van der Waals surface area contributed by atoms with Gasteiger partial charge in [-0.15, -0.1) is 0 Å². The fourth-order valence-electron chi connectivity index (χ4n) is 2.29. The zero-order valence-electron chi connectivity index (χ0n) is 11.4. The van der Waals surface area contributed by atoms with Crippen LogP contribution in [0.15, 0.2) is 46.9 Å². The second-order valence-electron chi connectivity index (χ2n) is 4.77. The lowest BCUT2D eigenvalue weighted by Crippen LogP contribution is -2.29. The second-order valence-corrected chi connectivity index (χ2v) is 5.62. The minimum absolute atomic E-state index is 0.149. The predicted molar refractivity (Wildman–Crippen MR) is 83.7 cm³/mol. The Morgan fingerprint density at radius 2 is 1.95 bits per heavy atom. The minimum Gasteiger partial charge on any atom is -0.271 e. The van der Waals surface area contributed by atoms with Crippen LogP contribution in [0.2, 0.25) is 0 Å². The number of benzene rings is 2. The monoisotopic (exact) mass is 336 g/mol.